The van der Waals surface area contributed by atoms with E-state index in [1.807, 2.05) is 0 Å². The van der Waals surface area contributed by atoms with E-state index in [1.165, 1.54) is 0 Å². The Balaban J connectivity index is 4.21. The molecule has 3 N–H and O–H groups in total. The smallest absolute Gasteiger partial charge is 0.242 e. The molecule has 0 aromatic rings. The summed E-state index contributed by atoms with van der Waals surface area (Å²) in [5.41, 5.74) is -0.517. The van der Waals surface area contributed by atoms with Gasteiger partial charge in [-0.05, 0) is 13.8 Å². The van der Waals surface area contributed by atoms with E-state index in [0.29, 0.717) is 0 Å². The molecule has 0 saturated heterocycles. The van der Waals surface area contributed by atoms with Gasteiger partial charge in [-0.25, -0.2) is 0 Å². The third-order valence-electron chi connectivity index (χ3n) is 2.08. The molecule has 0 aromatic heterocycles. The van der Waals surface area contributed by atoms with Crippen LogP contribution in [0.15, 0.2) is 0 Å². The van der Waals surface area contributed by atoms with Gasteiger partial charge in [-0.2, -0.15) is 0 Å². The zero-order chi connectivity index (χ0) is 12.9. The van der Waals surface area contributed by atoms with Crippen LogP contribution in [0.2, 0.25) is 0 Å². The molecule has 0 spiro atoms. The number of nitrogens with one attached hydrogen (secondary N) is 2. The molecule has 16 heavy (non-hydrogen) atoms. The lowest BCUT2D eigenvalue weighted by Gasteiger charge is -2.22. The lowest BCUT2D eigenvalue weighted by molar-refractivity contribution is -0.133. The fraction of sp³-hybridized carbons (Fsp3) is 0.818. The molecular weight excluding hydrogens is 208 g/mol. The molecule has 0 aliphatic heterocycles. The lowest BCUT2D eigenvalue weighted by Crippen LogP contribution is -2.50. The summed E-state index contributed by atoms with van der Waals surface area (Å²) in [6, 6.07) is -0.901. The standard InChI is InChI=1S/C11H22N2O3/c1-7(6-14)12-9(15)8(2)13-10(16)11(3,4)5/h7-8,14H,6H2,1-5H3,(H,12,15)(H,13,16)/t7-,8?/m0/s1. The molecule has 0 radical (unpaired) electrons. The molecule has 0 rings (SSSR count). The van der Waals surface area contributed by atoms with Crippen LogP contribution in [0.4, 0.5) is 0 Å². The normalized spacial score (nSPS) is 15.1. The first kappa shape index (κ1) is 14.9. The van der Waals surface area contributed by atoms with Crippen LogP contribution in [-0.2, 0) is 9.59 Å². The van der Waals surface area contributed by atoms with E-state index in [2.05, 4.69) is 10.6 Å². The summed E-state index contributed by atoms with van der Waals surface area (Å²) >= 11 is 0. The van der Waals surface area contributed by atoms with Crippen molar-refractivity contribution in [2.24, 2.45) is 5.41 Å². The first-order chi connectivity index (χ1) is 7.18. The van der Waals surface area contributed by atoms with Crippen LogP contribution in [0.1, 0.15) is 34.6 Å². The van der Waals surface area contributed by atoms with Gasteiger partial charge in [0.25, 0.3) is 0 Å². The van der Waals surface area contributed by atoms with Gasteiger partial charge in [0.15, 0.2) is 0 Å². The molecule has 2 atom stereocenters. The molecule has 0 saturated carbocycles. The number of hydrogen-bond donors (Lipinski definition) is 3. The van der Waals surface area contributed by atoms with Crippen LogP contribution in [-0.4, -0.2) is 35.6 Å². The molecule has 5 nitrogen and oxygen atoms in total. The van der Waals surface area contributed by atoms with E-state index < -0.39 is 11.5 Å². The summed E-state index contributed by atoms with van der Waals surface area (Å²) in [6.45, 7) is 8.53. The molecule has 2 amide bonds. The highest BCUT2D eigenvalue weighted by atomic mass is 16.3. The van der Waals surface area contributed by atoms with E-state index in [9.17, 15) is 9.59 Å². The van der Waals surface area contributed by atoms with E-state index >= 15 is 0 Å². The molecule has 0 aliphatic rings. The van der Waals surface area contributed by atoms with Gasteiger partial charge >= 0.3 is 0 Å². The van der Waals surface area contributed by atoms with E-state index in [-0.39, 0.29) is 24.5 Å². The first-order valence-electron chi connectivity index (χ1n) is 5.40. The Hall–Kier alpha value is -1.10. The van der Waals surface area contributed by atoms with Crippen LogP contribution < -0.4 is 10.6 Å². The molecule has 1 unspecified atom stereocenters. The molecule has 5 heteroatoms. The molecule has 0 bridgehead atoms. The van der Waals surface area contributed by atoms with Gasteiger partial charge in [0, 0.05) is 11.5 Å². The van der Waals surface area contributed by atoms with Crippen molar-refractivity contribution in [3.63, 3.8) is 0 Å². The Morgan fingerprint density at radius 2 is 1.69 bits per heavy atom. The van der Waals surface area contributed by atoms with Crippen molar-refractivity contribution in [2.45, 2.75) is 46.7 Å². The number of carbonyl (C=O) groups is 2. The molecular formula is C11H22N2O3. The Labute approximate surface area is 96.6 Å². The summed E-state index contributed by atoms with van der Waals surface area (Å²) in [5, 5.41) is 14.0. The predicted molar refractivity (Wildman–Crippen MR) is 61.8 cm³/mol. The third-order valence-corrected chi connectivity index (χ3v) is 2.08. The second kappa shape index (κ2) is 5.84. The Morgan fingerprint density at radius 1 is 1.19 bits per heavy atom. The zero-order valence-electron chi connectivity index (χ0n) is 10.6. The topological polar surface area (TPSA) is 78.4 Å². The Kier molecular flexibility index (Phi) is 5.44. The molecule has 0 aromatic carbocycles. The second-order valence-corrected chi connectivity index (χ2v) is 5.04. The fourth-order valence-electron chi connectivity index (χ4n) is 0.892. The average molecular weight is 230 g/mol. The molecule has 0 heterocycles. The number of rotatable bonds is 4. The average Bonchev–Trinajstić information content (AvgIpc) is 2.15. The number of amides is 2. The highest BCUT2D eigenvalue weighted by Gasteiger charge is 2.25. The minimum atomic E-state index is -0.597. The first-order valence-corrected chi connectivity index (χ1v) is 5.40. The molecule has 94 valence electrons. The number of hydrogen-bond acceptors (Lipinski definition) is 3. The highest BCUT2D eigenvalue weighted by Crippen LogP contribution is 2.12. The summed E-state index contributed by atoms with van der Waals surface area (Å²) in [6.07, 6.45) is 0. The minimum Gasteiger partial charge on any atom is -0.394 e. The van der Waals surface area contributed by atoms with Crippen LogP contribution in [0, 0.1) is 5.41 Å². The van der Waals surface area contributed by atoms with Gasteiger partial charge in [0.2, 0.25) is 11.8 Å². The van der Waals surface area contributed by atoms with Crippen molar-refractivity contribution in [2.75, 3.05) is 6.61 Å². The maximum atomic E-state index is 11.6. The quantitative estimate of drug-likeness (QED) is 0.638. The second-order valence-electron chi connectivity index (χ2n) is 5.04. The fourth-order valence-corrected chi connectivity index (χ4v) is 0.892. The van der Waals surface area contributed by atoms with E-state index in [4.69, 9.17) is 5.11 Å². The Morgan fingerprint density at radius 3 is 2.06 bits per heavy atom. The van der Waals surface area contributed by atoms with Crippen molar-refractivity contribution >= 4 is 11.8 Å². The van der Waals surface area contributed by atoms with Gasteiger partial charge in [-0.15, -0.1) is 0 Å². The SMILES string of the molecule is CC(NC(=O)C(C)(C)C)C(=O)N[C@@H](C)CO. The predicted octanol–water partition coefficient (Wildman–Crippen LogP) is 0.0342. The van der Waals surface area contributed by atoms with Crippen molar-refractivity contribution in [3.05, 3.63) is 0 Å². The molecule has 0 fully saturated rings. The molecule has 0 aliphatic carbocycles. The lowest BCUT2D eigenvalue weighted by atomic mass is 9.95. The third kappa shape index (κ3) is 5.11. The van der Waals surface area contributed by atoms with Crippen LogP contribution in [0.25, 0.3) is 0 Å². The number of aliphatic hydroxyl groups is 1. The van der Waals surface area contributed by atoms with Crippen LogP contribution >= 0.6 is 0 Å². The van der Waals surface area contributed by atoms with Crippen LogP contribution in [0.5, 0.6) is 0 Å². The maximum absolute atomic E-state index is 11.6. The monoisotopic (exact) mass is 230 g/mol. The van der Waals surface area contributed by atoms with Crippen molar-refractivity contribution in [1.82, 2.24) is 10.6 Å². The summed E-state index contributed by atoms with van der Waals surface area (Å²) < 4.78 is 0. The minimum absolute atomic E-state index is 0.119. The van der Waals surface area contributed by atoms with Gasteiger partial charge in [0.1, 0.15) is 6.04 Å². The Bertz CT molecular complexity index is 258. The summed E-state index contributed by atoms with van der Waals surface area (Å²) in [5.74, 6) is -0.467. The van der Waals surface area contributed by atoms with Gasteiger partial charge in [-0.3, -0.25) is 9.59 Å². The van der Waals surface area contributed by atoms with E-state index in [1.54, 1.807) is 34.6 Å². The number of aliphatic hydroxyl groups excluding tert-OH is 1. The summed E-state index contributed by atoms with van der Waals surface area (Å²) in [7, 11) is 0. The van der Waals surface area contributed by atoms with Crippen molar-refractivity contribution in [3.8, 4) is 0 Å². The van der Waals surface area contributed by atoms with Gasteiger partial charge in [-0.1, -0.05) is 20.8 Å². The number of carbonyl (C=O) groups excluding carboxylic acids is 2. The maximum Gasteiger partial charge on any atom is 0.242 e. The van der Waals surface area contributed by atoms with Crippen molar-refractivity contribution < 1.29 is 14.7 Å². The van der Waals surface area contributed by atoms with Gasteiger partial charge < -0.3 is 15.7 Å². The largest absolute Gasteiger partial charge is 0.394 e. The highest BCUT2D eigenvalue weighted by molar-refractivity contribution is 5.89. The van der Waals surface area contributed by atoms with Crippen molar-refractivity contribution in [1.29, 1.82) is 0 Å². The summed E-state index contributed by atoms with van der Waals surface area (Å²) in [4.78, 5) is 23.1. The zero-order valence-corrected chi connectivity index (χ0v) is 10.6. The van der Waals surface area contributed by atoms with E-state index in [0.717, 1.165) is 0 Å². The van der Waals surface area contributed by atoms with Crippen LogP contribution in [0.3, 0.4) is 0 Å². The van der Waals surface area contributed by atoms with Gasteiger partial charge in [0.05, 0.1) is 6.61 Å².